The molecule has 78 valence electrons. The number of nitrogens with two attached hydrogens (primary N) is 1. The molecule has 0 aliphatic carbocycles. The van der Waals surface area contributed by atoms with Gasteiger partial charge < -0.3 is 5.73 Å². The quantitative estimate of drug-likeness (QED) is 0.644. The van der Waals surface area contributed by atoms with Crippen molar-refractivity contribution in [3.8, 4) is 0 Å². The molecular weight excluding hydrogens is 222 g/mol. The summed E-state index contributed by atoms with van der Waals surface area (Å²) in [6.07, 6.45) is 0. The number of thioether (sulfide) groups is 1. The highest BCUT2D eigenvalue weighted by atomic mass is 32.2. The smallest absolute Gasteiger partial charge is 0.0482 e. The molecule has 1 aromatic carbocycles. The number of aryl methyl sites for hydroxylation is 1. The summed E-state index contributed by atoms with van der Waals surface area (Å²) in [4.78, 5) is 2.57. The van der Waals surface area contributed by atoms with Crippen molar-refractivity contribution in [1.82, 2.24) is 0 Å². The zero-order chi connectivity index (χ0) is 10.7. The molecule has 1 heterocycles. The number of nitrogen functional groups attached to an aromatic ring is 1. The normalized spacial score (nSPS) is 10.5. The van der Waals surface area contributed by atoms with E-state index in [1.165, 1.54) is 9.77 Å². The van der Waals surface area contributed by atoms with E-state index in [2.05, 4.69) is 29.6 Å². The number of benzene rings is 1. The first-order chi connectivity index (χ1) is 7.27. The van der Waals surface area contributed by atoms with Crippen molar-refractivity contribution in [1.29, 1.82) is 0 Å². The van der Waals surface area contributed by atoms with Crippen LogP contribution in [0.1, 0.15) is 10.4 Å². The topological polar surface area (TPSA) is 26.0 Å². The van der Waals surface area contributed by atoms with Crippen molar-refractivity contribution in [2.75, 3.05) is 5.73 Å². The van der Waals surface area contributed by atoms with Crippen molar-refractivity contribution < 1.29 is 0 Å². The molecule has 0 radical (unpaired) electrons. The van der Waals surface area contributed by atoms with E-state index in [1.807, 2.05) is 13.0 Å². The second kappa shape index (κ2) is 4.73. The van der Waals surface area contributed by atoms with Gasteiger partial charge in [0.2, 0.25) is 0 Å². The van der Waals surface area contributed by atoms with Gasteiger partial charge in [0, 0.05) is 21.2 Å². The minimum Gasteiger partial charge on any atom is -0.398 e. The summed E-state index contributed by atoms with van der Waals surface area (Å²) < 4.78 is 0. The molecule has 0 amide bonds. The third kappa shape index (κ3) is 2.55. The first-order valence-corrected chi connectivity index (χ1v) is 6.64. The molecule has 3 heteroatoms. The molecule has 1 aromatic heterocycles. The van der Waals surface area contributed by atoms with Crippen molar-refractivity contribution in [3.05, 3.63) is 46.2 Å². The molecule has 0 unspecified atom stereocenters. The van der Waals surface area contributed by atoms with Crippen LogP contribution in [0.25, 0.3) is 0 Å². The molecule has 2 N–H and O–H groups in total. The van der Waals surface area contributed by atoms with Gasteiger partial charge in [-0.1, -0.05) is 18.2 Å². The molecule has 0 saturated carbocycles. The number of para-hydroxylation sites is 1. The second-order valence-electron chi connectivity index (χ2n) is 3.35. The van der Waals surface area contributed by atoms with Gasteiger partial charge in [-0.3, -0.25) is 0 Å². The highest BCUT2D eigenvalue weighted by Crippen LogP contribution is 2.30. The summed E-state index contributed by atoms with van der Waals surface area (Å²) in [6, 6.07) is 10.4. The van der Waals surface area contributed by atoms with E-state index in [0.29, 0.717) is 0 Å². The van der Waals surface area contributed by atoms with Crippen LogP contribution in [0, 0.1) is 6.92 Å². The van der Waals surface area contributed by atoms with Crippen LogP contribution in [0.15, 0.2) is 40.6 Å². The van der Waals surface area contributed by atoms with E-state index < -0.39 is 0 Å². The van der Waals surface area contributed by atoms with E-state index in [1.54, 1.807) is 23.1 Å². The minimum absolute atomic E-state index is 0.916. The van der Waals surface area contributed by atoms with Crippen LogP contribution in [-0.4, -0.2) is 0 Å². The Morgan fingerprint density at radius 3 is 2.87 bits per heavy atom. The van der Waals surface area contributed by atoms with E-state index in [9.17, 15) is 0 Å². The molecule has 0 spiro atoms. The maximum Gasteiger partial charge on any atom is 0.0482 e. The zero-order valence-electron chi connectivity index (χ0n) is 8.57. The predicted octanol–water partition coefficient (Wildman–Crippen LogP) is 3.93. The third-order valence-electron chi connectivity index (χ3n) is 2.23. The van der Waals surface area contributed by atoms with Gasteiger partial charge in [0.15, 0.2) is 0 Å². The molecule has 0 bridgehead atoms. The lowest BCUT2D eigenvalue weighted by Crippen LogP contribution is -1.91. The Hall–Kier alpha value is -0.930. The van der Waals surface area contributed by atoms with Crippen molar-refractivity contribution in [2.24, 2.45) is 0 Å². The Morgan fingerprint density at radius 1 is 1.27 bits per heavy atom. The van der Waals surface area contributed by atoms with Gasteiger partial charge in [0.05, 0.1) is 0 Å². The van der Waals surface area contributed by atoms with Gasteiger partial charge in [0.1, 0.15) is 0 Å². The number of rotatable bonds is 3. The average molecular weight is 235 g/mol. The first kappa shape index (κ1) is 10.6. The van der Waals surface area contributed by atoms with Crippen LogP contribution >= 0.6 is 23.1 Å². The maximum absolute atomic E-state index is 6.00. The van der Waals surface area contributed by atoms with Crippen molar-refractivity contribution in [2.45, 2.75) is 17.6 Å². The SMILES string of the molecule is Cc1cccc(SCc2cccs2)c1N. The molecule has 2 aromatic rings. The number of thiophene rings is 1. The van der Waals surface area contributed by atoms with Crippen LogP contribution in [0.3, 0.4) is 0 Å². The molecule has 2 rings (SSSR count). The van der Waals surface area contributed by atoms with Gasteiger partial charge in [-0.2, -0.15) is 0 Å². The average Bonchev–Trinajstić information content (AvgIpc) is 2.73. The van der Waals surface area contributed by atoms with Crippen LogP contribution in [0.4, 0.5) is 5.69 Å². The standard InChI is InChI=1S/C12H13NS2/c1-9-4-2-6-11(12(9)13)15-8-10-5-3-7-14-10/h2-7H,8,13H2,1H3. The van der Waals surface area contributed by atoms with E-state index in [4.69, 9.17) is 5.73 Å². The van der Waals surface area contributed by atoms with Gasteiger partial charge in [-0.15, -0.1) is 23.1 Å². The summed E-state index contributed by atoms with van der Waals surface area (Å²) >= 11 is 3.59. The highest BCUT2D eigenvalue weighted by Gasteiger charge is 2.02. The van der Waals surface area contributed by atoms with E-state index in [0.717, 1.165) is 17.0 Å². The lowest BCUT2D eigenvalue weighted by molar-refractivity contribution is 1.36. The fourth-order valence-corrected chi connectivity index (χ4v) is 3.15. The monoisotopic (exact) mass is 235 g/mol. The number of hydrogen-bond acceptors (Lipinski definition) is 3. The minimum atomic E-state index is 0.916. The molecule has 0 aliphatic heterocycles. The Kier molecular flexibility index (Phi) is 3.34. The van der Waals surface area contributed by atoms with Crippen molar-refractivity contribution in [3.63, 3.8) is 0 Å². The Bertz CT molecular complexity index is 435. The maximum atomic E-state index is 6.00. The van der Waals surface area contributed by atoms with Crippen LogP contribution in [-0.2, 0) is 5.75 Å². The van der Waals surface area contributed by atoms with Crippen molar-refractivity contribution >= 4 is 28.8 Å². The third-order valence-corrected chi connectivity index (χ3v) is 4.42. The lowest BCUT2D eigenvalue weighted by atomic mass is 10.2. The molecule has 15 heavy (non-hydrogen) atoms. The Labute approximate surface area is 98.3 Å². The van der Waals surface area contributed by atoms with E-state index in [-0.39, 0.29) is 0 Å². The zero-order valence-corrected chi connectivity index (χ0v) is 10.2. The summed E-state index contributed by atoms with van der Waals surface area (Å²) in [5, 5.41) is 2.11. The summed E-state index contributed by atoms with van der Waals surface area (Å²) in [5.41, 5.74) is 8.08. The van der Waals surface area contributed by atoms with Crippen LogP contribution in [0.2, 0.25) is 0 Å². The Balaban J connectivity index is 2.08. The summed E-state index contributed by atoms with van der Waals surface area (Å²) in [7, 11) is 0. The largest absolute Gasteiger partial charge is 0.398 e. The fourth-order valence-electron chi connectivity index (χ4n) is 1.32. The fraction of sp³-hybridized carbons (Fsp3) is 0.167. The van der Waals surface area contributed by atoms with E-state index >= 15 is 0 Å². The Morgan fingerprint density at radius 2 is 2.13 bits per heavy atom. The van der Waals surface area contributed by atoms with Crippen LogP contribution < -0.4 is 5.73 Å². The van der Waals surface area contributed by atoms with Gasteiger partial charge in [-0.25, -0.2) is 0 Å². The summed E-state index contributed by atoms with van der Waals surface area (Å²) in [5.74, 6) is 1.01. The number of hydrogen-bond donors (Lipinski definition) is 1. The number of anilines is 1. The highest BCUT2D eigenvalue weighted by molar-refractivity contribution is 7.98. The molecule has 0 fully saturated rings. The molecule has 0 saturated heterocycles. The van der Waals surface area contributed by atoms with Crippen LogP contribution in [0.5, 0.6) is 0 Å². The molecule has 0 aliphatic rings. The molecule has 0 atom stereocenters. The predicted molar refractivity (Wildman–Crippen MR) is 69.5 cm³/mol. The van der Waals surface area contributed by atoms with Gasteiger partial charge in [-0.05, 0) is 30.0 Å². The van der Waals surface area contributed by atoms with Gasteiger partial charge >= 0.3 is 0 Å². The first-order valence-electron chi connectivity index (χ1n) is 4.77. The van der Waals surface area contributed by atoms with Gasteiger partial charge in [0.25, 0.3) is 0 Å². The molecule has 1 nitrogen and oxygen atoms in total. The summed E-state index contributed by atoms with van der Waals surface area (Å²) in [6.45, 7) is 2.05. The lowest BCUT2D eigenvalue weighted by Gasteiger charge is -2.06. The molecular formula is C12H13NS2. The second-order valence-corrected chi connectivity index (χ2v) is 5.40.